The zero-order valence-corrected chi connectivity index (χ0v) is 16.3. The van der Waals surface area contributed by atoms with Gasteiger partial charge in [-0.25, -0.2) is 0 Å². The molecular formula is C20H46N2. The minimum Gasteiger partial charge on any atom is -0.330 e. The molecule has 0 radical (unpaired) electrons. The molecule has 0 spiro atoms. The lowest BCUT2D eigenvalue weighted by Gasteiger charge is -2.22. The van der Waals surface area contributed by atoms with Crippen molar-refractivity contribution < 1.29 is 0 Å². The first-order chi connectivity index (χ1) is 10.8. The van der Waals surface area contributed by atoms with E-state index in [-0.39, 0.29) is 0 Å². The largest absolute Gasteiger partial charge is 0.330 e. The Morgan fingerprint density at radius 3 is 1.05 bits per heavy atom. The summed E-state index contributed by atoms with van der Waals surface area (Å²) in [4.78, 5) is 2.70. The van der Waals surface area contributed by atoms with E-state index in [9.17, 15) is 0 Å². The molecule has 0 rings (SSSR count). The highest BCUT2D eigenvalue weighted by Crippen LogP contribution is 2.05. The van der Waals surface area contributed by atoms with Gasteiger partial charge in [-0.2, -0.15) is 0 Å². The first-order valence-electron chi connectivity index (χ1n) is 10.2. The van der Waals surface area contributed by atoms with Gasteiger partial charge in [0.25, 0.3) is 0 Å². The molecule has 0 saturated heterocycles. The monoisotopic (exact) mass is 314 g/mol. The van der Waals surface area contributed by atoms with E-state index in [1.807, 2.05) is 0 Å². The fourth-order valence-electron chi connectivity index (χ4n) is 2.49. The number of rotatable bonds is 15. The zero-order valence-electron chi connectivity index (χ0n) is 16.3. The molecule has 2 N–H and O–H groups in total. The third-order valence-corrected chi connectivity index (χ3v) is 4.04. The summed E-state index contributed by atoms with van der Waals surface area (Å²) in [5.41, 5.74) is 5.21. The van der Waals surface area contributed by atoms with Gasteiger partial charge in [-0.05, 0) is 51.9 Å². The van der Waals surface area contributed by atoms with Crippen LogP contribution in [-0.4, -0.2) is 31.1 Å². The second-order valence-corrected chi connectivity index (χ2v) is 6.46. The number of nitrogens with two attached hydrogens (primary N) is 1. The molecule has 2 heteroatoms. The summed E-state index contributed by atoms with van der Waals surface area (Å²) in [5, 5.41) is 0. The Kier molecular flexibility index (Phi) is 25.5. The molecule has 0 aromatic rings. The van der Waals surface area contributed by atoms with Crippen LogP contribution in [0.3, 0.4) is 0 Å². The predicted molar refractivity (Wildman–Crippen MR) is 104 cm³/mol. The Balaban J connectivity index is 0. The standard InChI is InChI=1S/C15H33N.C5H13N/c1-4-7-10-13-16(14-11-8-5-2)15-12-9-6-3;1-2-3-4-5-6/h4-15H2,1-3H3;2-6H2,1H3. The molecule has 0 aliphatic heterocycles. The molecule has 0 aliphatic rings. The number of hydrogen-bond donors (Lipinski definition) is 1. The van der Waals surface area contributed by atoms with E-state index < -0.39 is 0 Å². The van der Waals surface area contributed by atoms with Crippen LogP contribution in [0.1, 0.15) is 105 Å². The Morgan fingerprint density at radius 2 is 0.818 bits per heavy atom. The molecule has 22 heavy (non-hydrogen) atoms. The molecule has 2 nitrogen and oxygen atoms in total. The van der Waals surface area contributed by atoms with E-state index in [1.165, 1.54) is 96.7 Å². The number of unbranched alkanes of at least 4 members (excludes halogenated alkanes) is 8. The summed E-state index contributed by atoms with van der Waals surface area (Å²) in [5.74, 6) is 0. The van der Waals surface area contributed by atoms with Crippen LogP contribution in [0.2, 0.25) is 0 Å². The van der Waals surface area contributed by atoms with Crippen molar-refractivity contribution >= 4 is 0 Å². The van der Waals surface area contributed by atoms with Crippen LogP contribution < -0.4 is 5.73 Å². The van der Waals surface area contributed by atoms with Crippen LogP contribution in [0, 0.1) is 0 Å². The Morgan fingerprint density at radius 1 is 0.500 bits per heavy atom. The molecule has 136 valence electrons. The van der Waals surface area contributed by atoms with E-state index in [0.717, 1.165) is 6.54 Å². The van der Waals surface area contributed by atoms with Crippen LogP contribution in [0.15, 0.2) is 0 Å². The van der Waals surface area contributed by atoms with Crippen molar-refractivity contribution in [2.75, 3.05) is 26.2 Å². The van der Waals surface area contributed by atoms with Gasteiger partial charge in [0.1, 0.15) is 0 Å². The lowest BCUT2D eigenvalue weighted by Crippen LogP contribution is -2.27. The summed E-state index contributed by atoms with van der Waals surface area (Å²) >= 11 is 0. The van der Waals surface area contributed by atoms with Crippen molar-refractivity contribution in [2.24, 2.45) is 5.73 Å². The van der Waals surface area contributed by atoms with E-state index >= 15 is 0 Å². The summed E-state index contributed by atoms with van der Waals surface area (Å²) in [6, 6.07) is 0. The lowest BCUT2D eigenvalue weighted by atomic mass is 10.2. The Hall–Kier alpha value is -0.0800. The van der Waals surface area contributed by atoms with Crippen molar-refractivity contribution in [2.45, 2.75) is 105 Å². The highest BCUT2D eigenvalue weighted by Gasteiger charge is 2.03. The average molecular weight is 315 g/mol. The minimum atomic E-state index is 0.855. The highest BCUT2D eigenvalue weighted by molar-refractivity contribution is 4.58. The lowest BCUT2D eigenvalue weighted by molar-refractivity contribution is 0.256. The number of nitrogens with zero attached hydrogens (tertiary/aromatic N) is 1. The summed E-state index contributed by atoms with van der Waals surface area (Å²) in [6.07, 6.45) is 16.2. The van der Waals surface area contributed by atoms with E-state index in [1.54, 1.807) is 0 Å². The molecule has 0 unspecified atom stereocenters. The van der Waals surface area contributed by atoms with Crippen molar-refractivity contribution in [3.63, 3.8) is 0 Å². The molecule has 0 heterocycles. The van der Waals surface area contributed by atoms with Crippen LogP contribution >= 0.6 is 0 Å². The van der Waals surface area contributed by atoms with E-state index in [2.05, 4.69) is 32.6 Å². The normalized spacial score (nSPS) is 10.6. The third-order valence-electron chi connectivity index (χ3n) is 4.04. The third kappa shape index (κ3) is 22.2. The second-order valence-electron chi connectivity index (χ2n) is 6.46. The smallest absolute Gasteiger partial charge is 0.00187 e. The van der Waals surface area contributed by atoms with Crippen LogP contribution in [0.25, 0.3) is 0 Å². The first kappa shape index (κ1) is 24.2. The van der Waals surface area contributed by atoms with Gasteiger partial charge in [0.15, 0.2) is 0 Å². The molecule has 0 atom stereocenters. The highest BCUT2D eigenvalue weighted by atomic mass is 15.1. The quantitative estimate of drug-likeness (QED) is 0.376. The maximum Gasteiger partial charge on any atom is -0.00187 e. The zero-order chi connectivity index (χ0) is 16.9. The van der Waals surface area contributed by atoms with Crippen LogP contribution in [0.4, 0.5) is 0 Å². The summed E-state index contributed by atoms with van der Waals surface area (Å²) < 4.78 is 0. The summed E-state index contributed by atoms with van der Waals surface area (Å²) in [7, 11) is 0. The molecule has 0 amide bonds. The van der Waals surface area contributed by atoms with Crippen molar-refractivity contribution in [1.29, 1.82) is 0 Å². The van der Waals surface area contributed by atoms with Crippen molar-refractivity contribution in [3.8, 4) is 0 Å². The number of hydrogen-bond acceptors (Lipinski definition) is 2. The Bertz CT molecular complexity index is 143. The van der Waals surface area contributed by atoms with Gasteiger partial charge < -0.3 is 10.6 Å². The topological polar surface area (TPSA) is 29.3 Å². The minimum absolute atomic E-state index is 0.855. The van der Waals surface area contributed by atoms with Gasteiger partial charge >= 0.3 is 0 Å². The summed E-state index contributed by atoms with van der Waals surface area (Å²) in [6.45, 7) is 13.9. The second kappa shape index (κ2) is 23.2. The van der Waals surface area contributed by atoms with Gasteiger partial charge in [-0.3, -0.25) is 0 Å². The fourth-order valence-corrected chi connectivity index (χ4v) is 2.49. The molecule has 0 aliphatic carbocycles. The fraction of sp³-hybridized carbons (Fsp3) is 1.00. The maximum atomic E-state index is 5.21. The van der Waals surface area contributed by atoms with Gasteiger partial charge in [-0.1, -0.05) is 79.1 Å². The SMILES string of the molecule is CCCCCN.CCCCCN(CCCCC)CCCCC. The molecular weight excluding hydrogens is 268 g/mol. The van der Waals surface area contributed by atoms with Crippen molar-refractivity contribution in [1.82, 2.24) is 4.90 Å². The Labute approximate surface area is 142 Å². The molecule has 0 bridgehead atoms. The van der Waals surface area contributed by atoms with E-state index in [0.29, 0.717) is 0 Å². The van der Waals surface area contributed by atoms with Gasteiger partial charge in [0.05, 0.1) is 0 Å². The van der Waals surface area contributed by atoms with Crippen molar-refractivity contribution in [3.05, 3.63) is 0 Å². The molecule has 0 aromatic carbocycles. The molecule has 0 aromatic heterocycles. The first-order valence-corrected chi connectivity index (χ1v) is 10.2. The van der Waals surface area contributed by atoms with Crippen LogP contribution in [0.5, 0.6) is 0 Å². The van der Waals surface area contributed by atoms with Gasteiger partial charge in [0, 0.05) is 0 Å². The predicted octanol–water partition coefficient (Wildman–Crippen LogP) is 5.99. The average Bonchev–Trinajstić information content (AvgIpc) is 2.53. The van der Waals surface area contributed by atoms with Crippen LogP contribution in [-0.2, 0) is 0 Å². The van der Waals surface area contributed by atoms with Gasteiger partial charge in [-0.15, -0.1) is 0 Å². The maximum absolute atomic E-state index is 5.21. The van der Waals surface area contributed by atoms with Gasteiger partial charge in [0.2, 0.25) is 0 Å². The molecule has 0 fully saturated rings. The molecule has 0 saturated carbocycles. The van der Waals surface area contributed by atoms with E-state index in [4.69, 9.17) is 5.73 Å².